The molecule has 0 N–H and O–H groups in total. The average molecular weight is 376 g/mol. The molecule has 1 aromatic heterocycles. The van der Waals surface area contributed by atoms with Crippen LogP contribution in [0.5, 0.6) is 0 Å². The quantitative estimate of drug-likeness (QED) is 0.644. The summed E-state index contributed by atoms with van der Waals surface area (Å²) in [6.07, 6.45) is 1.69. The van der Waals surface area contributed by atoms with Gasteiger partial charge in [-0.05, 0) is 36.6 Å². The number of nitrogens with zero attached hydrogens (tertiary/aromatic N) is 2. The molecule has 0 aliphatic carbocycles. The smallest absolute Gasteiger partial charge is 0.192 e. The van der Waals surface area contributed by atoms with E-state index in [1.807, 2.05) is 31.2 Å². The maximum Gasteiger partial charge on any atom is 0.192 e. The van der Waals surface area contributed by atoms with Crippen LogP contribution in [0.2, 0.25) is 0 Å². The first kappa shape index (κ1) is 17.6. The lowest BCUT2D eigenvalue weighted by Gasteiger charge is -2.48. The van der Waals surface area contributed by atoms with E-state index in [1.165, 1.54) is 5.56 Å². The number of aromatic nitrogens is 1. The van der Waals surface area contributed by atoms with Crippen LogP contribution in [-0.2, 0) is 11.3 Å². The summed E-state index contributed by atoms with van der Waals surface area (Å²) in [7, 11) is 0. The molecule has 2 aliphatic heterocycles. The molecule has 5 nitrogen and oxygen atoms in total. The van der Waals surface area contributed by atoms with Crippen molar-refractivity contribution in [2.75, 3.05) is 13.2 Å². The first-order valence-corrected chi connectivity index (χ1v) is 9.96. The van der Waals surface area contributed by atoms with Crippen molar-refractivity contribution in [1.82, 2.24) is 9.88 Å². The fraction of sp³-hybridized carbons (Fsp3) is 0.391. The molecule has 2 fully saturated rings. The second-order valence-electron chi connectivity index (χ2n) is 7.95. The van der Waals surface area contributed by atoms with Gasteiger partial charge in [-0.15, -0.1) is 0 Å². The van der Waals surface area contributed by atoms with Crippen LogP contribution in [0.1, 0.15) is 34.7 Å². The van der Waals surface area contributed by atoms with Gasteiger partial charge in [-0.1, -0.05) is 30.3 Å². The third-order valence-corrected chi connectivity index (χ3v) is 6.03. The van der Waals surface area contributed by atoms with Gasteiger partial charge in [0.25, 0.3) is 0 Å². The fourth-order valence-corrected chi connectivity index (χ4v) is 4.68. The number of ketones is 1. The Hall–Kier alpha value is -2.50. The molecule has 0 amide bonds. The van der Waals surface area contributed by atoms with Gasteiger partial charge in [0.05, 0.1) is 13.2 Å². The predicted molar refractivity (Wildman–Crippen MR) is 106 cm³/mol. The molecule has 2 aliphatic rings. The second-order valence-corrected chi connectivity index (χ2v) is 7.95. The van der Waals surface area contributed by atoms with Gasteiger partial charge in [-0.2, -0.15) is 0 Å². The Morgan fingerprint density at radius 2 is 1.86 bits per heavy atom. The molecule has 5 heteroatoms. The molecule has 2 aromatic carbocycles. The van der Waals surface area contributed by atoms with Crippen LogP contribution in [0, 0.1) is 12.8 Å². The summed E-state index contributed by atoms with van der Waals surface area (Å²) in [6, 6.07) is 16.7. The minimum absolute atomic E-state index is 0.0346. The molecule has 2 bridgehead atoms. The number of carbonyl (C=O) groups excluding carboxylic acids is 1. The Morgan fingerprint density at radius 3 is 2.61 bits per heavy atom. The van der Waals surface area contributed by atoms with Crippen molar-refractivity contribution in [1.29, 1.82) is 0 Å². The number of carbonyl (C=O) groups is 1. The first-order chi connectivity index (χ1) is 13.7. The normalized spacial score (nSPS) is 25.1. The Bertz CT molecular complexity index is 984. The third kappa shape index (κ3) is 3.25. The van der Waals surface area contributed by atoms with Crippen LogP contribution in [-0.4, -0.2) is 41.0 Å². The lowest BCUT2D eigenvalue weighted by molar-refractivity contribution is -0.0872. The molecular weight excluding hydrogens is 352 g/mol. The number of aryl methyl sites for hydroxylation is 1. The van der Waals surface area contributed by atoms with Gasteiger partial charge in [-0.25, -0.2) is 4.98 Å². The zero-order chi connectivity index (χ0) is 19.1. The number of fused-ring (bicyclic) bond motifs is 3. The van der Waals surface area contributed by atoms with Gasteiger partial charge in [0.15, 0.2) is 17.3 Å². The van der Waals surface area contributed by atoms with Crippen LogP contribution in [0.15, 0.2) is 52.9 Å². The minimum atomic E-state index is 0.0346. The van der Waals surface area contributed by atoms with Crippen molar-refractivity contribution < 1.29 is 13.9 Å². The summed E-state index contributed by atoms with van der Waals surface area (Å²) < 4.78 is 11.4. The van der Waals surface area contributed by atoms with Crippen LogP contribution in [0.4, 0.5) is 0 Å². The Labute approximate surface area is 164 Å². The summed E-state index contributed by atoms with van der Waals surface area (Å²) in [6.45, 7) is 4.15. The number of hydrogen-bond donors (Lipinski definition) is 0. The predicted octanol–water partition coefficient (Wildman–Crippen LogP) is 4.00. The van der Waals surface area contributed by atoms with Crippen LogP contribution >= 0.6 is 0 Å². The number of rotatable bonds is 4. The van der Waals surface area contributed by atoms with Gasteiger partial charge in [0, 0.05) is 37.0 Å². The van der Waals surface area contributed by atoms with E-state index in [1.54, 1.807) is 0 Å². The van der Waals surface area contributed by atoms with Crippen molar-refractivity contribution in [3.8, 4) is 0 Å². The van der Waals surface area contributed by atoms with E-state index in [0.717, 1.165) is 30.5 Å². The van der Waals surface area contributed by atoms with Gasteiger partial charge in [-0.3, -0.25) is 9.69 Å². The Kier molecular flexibility index (Phi) is 4.49. The van der Waals surface area contributed by atoms with Crippen molar-refractivity contribution in [2.24, 2.45) is 5.92 Å². The summed E-state index contributed by atoms with van der Waals surface area (Å²) >= 11 is 0. The van der Waals surface area contributed by atoms with E-state index < -0.39 is 0 Å². The van der Waals surface area contributed by atoms with E-state index in [4.69, 9.17) is 9.15 Å². The number of ether oxygens (including phenoxy) is 1. The maximum atomic E-state index is 13.2. The van der Waals surface area contributed by atoms with Gasteiger partial charge >= 0.3 is 0 Å². The van der Waals surface area contributed by atoms with Crippen molar-refractivity contribution in [3.05, 3.63) is 65.5 Å². The highest BCUT2D eigenvalue weighted by Crippen LogP contribution is 2.35. The van der Waals surface area contributed by atoms with E-state index in [-0.39, 0.29) is 23.8 Å². The zero-order valence-corrected chi connectivity index (χ0v) is 16.0. The second kappa shape index (κ2) is 7.15. The molecular formula is C23H24N2O3. The molecule has 3 aromatic rings. The number of morpholine rings is 1. The number of benzene rings is 2. The highest BCUT2D eigenvalue weighted by molar-refractivity contribution is 6.00. The molecule has 0 radical (unpaired) electrons. The molecule has 3 heterocycles. The largest absolute Gasteiger partial charge is 0.441 e. The number of piperidine rings is 1. The van der Waals surface area contributed by atoms with Crippen LogP contribution in [0.3, 0.4) is 0 Å². The van der Waals surface area contributed by atoms with Crippen LogP contribution < -0.4 is 0 Å². The van der Waals surface area contributed by atoms with Gasteiger partial charge in [0.1, 0.15) is 5.52 Å². The van der Waals surface area contributed by atoms with E-state index in [9.17, 15) is 4.79 Å². The first-order valence-electron chi connectivity index (χ1n) is 9.96. The number of hydrogen-bond acceptors (Lipinski definition) is 5. The summed E-state index contributed by atoms with van der Waals surface area (Å²) in [5.74, 6) is 0.875. The topological polar surface area (TPSA) is 55.6 Å². The molecule has 0 spiro atoms. The molecule has 0 saturated carbocycles. The molecule has 2 atom stereocenters. The molecule has 5 rings (SSSR count). The van der Waals surface area contributed by atoms with Crippen molar-refractivity contribution >= 4 is 16.9 Å². The monoisotopic (exact) mass is 376 g/mol. The van der Waals surface area contributed by atoms with Crippen LogP contribution in [0.25, 0.3) is 11.1 Å². The highest BCUT2D eigenvalue weighted by atomic mass is 16.5. The van der Waals surface area contributed by atoms with Gasteiger partial charge in [0.2, 0.25) is 0 Å². The molecule has 28 heavy (non-hydrogen) atoms. The third-order valence-electron chi connectivity index (χ3n) is 6.03. The Balaban J connectivity index is 1.35. The van der Waals surface area contributed by atoms with Crippen molar-refractivity contribution in [2.45, 2.75) is 38.4 Å². The lowest BCUT2D eigenvalue weighted by atomic mass is 9.80. The van der Waals surface area contributed by atoms with E-state index in [0.29, 0.717) is 24.7 Å². The fourth-order valence-electron chi connectivity index (χ4n) is 4.68. The Morgan fingerprint density at radius 1 is 1.11 bits per heavy atom. The lowest BCUT2D eigenvalue weighted by Crippen LogP contribution is -2.57. The van der Waals surface area contributed by atoms with E-state index in [2.05, 4.69) is 34.1 Å². The molecule has 2 saturated heterocycles. The SMILES string of the molecule is Cc1nc2ccc(C(=O)C3CC4COCC(C3)N4Cc3ccccc3)cc2o1. The summed E-state index contributed by atoms with van der Waals surface area (Å²) in [5.41, 5.74) is 3.53. The number of oxazole rings is 1. The zero-order valence-electron chi connectivity index (χ0n) is 16.0. The summed E-state index contributed by atoms with van der Waals surface area (Å²) in [5, 5.41) is 0. The van der Waals surface area contributed by atoms with E-state index >= 15 is 0 Å². The highest BCUT2D eigenvalue weighted by Gasteiger charge is 2.41. The molecule has 144 valence electrons. The van der Waals surface area contributed by atoms with Crippen molar-refractivity contribution in [3.63, 3.8) is 0 Å². The standard InChI is InChI=1S/C23H24N2O3/c1-15-24-21-8-7-17(11-22(21)28-15)23(26)18-9-19-13-27-14-20(10-18)25(19)12-16-5-3-2-4-6-16/h2-8,11,18-20H,9-10,12-14H2,1H3. The summed E-state index contributed by atoms with van der Waals surface area (Å²) in [4.78, 5) is 20.1. The molecule has 2 unspecified atom stereocenters. The number of Topliss-reactive ketones (excluding diaryl/α,β-unsaturated/α-hetero) is 1. The van der Waals surface area contributed by atoms with Gasteiger partial charge < -0.3 is 9.15 Å². The minimum Gasteiger partial charge on any atom is -0.441 e. The maximum absolute atomic E-state index is 13.2. The average Bonchev–Trinajstić information content (AvgIpc) is 3.07.